The molecule has 0 saturated carbocycles. The van der Waals surface area contributed by atoms with E-state index in [1.165, 1.54) is 12.1 Å². The van der Waals surface area contributed by atoms with Gasteiger partial charge in [0.25, 0.3) is 11.6 Å². The lowest BCUT2D eigenvalue weighted by molar-refractivity contribution is -0.384. The van der Waals surface area contributed by atoms with E-state index in [2.05, 4.69) is 15.9 Å². The SMILES string of the molecule is CC1=C(Br)C(=O)N([C@@H](C)c2ccc([N+](=O)[O-])cc2)[C@@H](c2ccccc2)C1. The van der Waals surface area contributed by atoms with Crippen molar-refractivity contribution in [1.29, 1.82) is 0 Å². The molecule has 0 spiro atoms. The summed E-state index contributed by atoms with van der Waals surface area (Å²) in [6.07, 6.45) is 0.744. The normalized spacial score (nSPS) is 18.8. The molecule has 134 valence electrons. The average Bonchev–Trinajstić information content (AvgIpc) is 2.66. The van der Waals surface area contributed by atoms with Gasteiger partial charge in [-0.25, -0.2) is 0 Å². The van der Waals surface area contributed by atoms with Crippen molar-refractivity contribution in [3.63, 3.8) is 0 Å². The van der Waals surface area contributed by atoms with Gasteiger partial charge in [0.1, 0.15) is 0 Å². The van der Waals surface area contributed by atoms with Crippen molar-refractivity contribution < 1.29 is 9.72 Å². The topological polar surface area (TPSA) is 63.5 Å². The molecule has 3 rings (SSSR count). The van der Waals surface area contributed by atoms with Crippen molar-refractivity contribution in [3.8, 4) is 0 Å². The summed E-state index contributed by atoms with van der Waals surface area (Å²) in [4.78, 5) is 25.3. The van der Waals surface area contributed by atoms with Gasteiger partial charge in [0.05, 0.1) is 21.5 Å². The highest BCUT2D eigenvalue weighted by Crippen LogP contribution is 2.41. The molecule has 0 bridgehead atoms. The van der Waals surface area contributed by atoms with Crippen LogP contribution in [0.2, 0.25) is 0 Å². The van der Waals surface area contributed by atoms with Crippen LogP contribution in [0.5, 0.6) is 0 Å². The number of hydrogen-bond acceptors (Lipinski definition) is 3. The van der Waals surface area contributed by atoms with Gasteiger partial charge in [-0.15, -0.1) is 0 Å². The second kappa shape index (κ2) is 7.41. The van der Waals surface area contributed by atoms with Gasteiger partial charge < -0.3 is 4.90 Å². The first-order chi connectivity index (χ1) is 12.4. The maximum absolute atomic E-state index is 13.0. The lowest BCUT2D eigenvalue weighted by Crippen LogP contribution is -2.40. The van der Waals surface area contributed by atoms with Crippen LogP contribution < -0.4 is 0 Å². The number of non-ortho nitro benzene ring substituents is 1. The molecule has 2 aromatic rings. The van der Waals surface area contributed by atoms with Gasteiger partial charge in [-0.3, -0.25) is 14.9 Å². The minimum absolute atomic E-state index is 0.0439. The third-order valence-electron chi connectivity index (χ3n) is 4.82. The Morgan fingerprint density at radius 2 is 1.77 bits per heavy atom. The maximum atomic E-state index is 13.0. The van der Waals surface area contributed by atoms with Gasteiger partial charge >= 0.3 is 0 Å². The summed E-state index contributed by atoms with van der Waals surface area (Å²) in [6, 6.07) is 16.1. The Hall–Kier alpha value is -2.47. The van der Waals surface area contributed by atoms with E-state index in [1.807, 2.05) is 49.1 Å². The number of amides is 1. The molecule has 5 nitrogen and oxygen atoms in total. The van der Waals surface area contributed by atoms with E-state index in [4.69, 9.17) is 0 Å². The van der Waals surface area contributed by atoms with Crippen molar-refractivity contribution in [2.75, 3.05) is 0 Å². The van der Waals surface area contributed by atoms with Crippen LogP contribution in [-0.4, -0.2) is 15.7 Å². The second-order valence-corrected chi connectivity index (χ2v) is 7.25. The van der Waals surface area contributed by atoms with Crippen LogP contribution in [0, 0.1) is 10.1 Å². The number of rotatable bonds is 4. The Labute approximate surface area is 160 Å². The van der Waals surface area contributed by atoms with E-state index >= 15 is 0 Å². The highest BCUT2D eigenvalue weighted by molar-refractivity contribution is 9.12. The summed E-state index contributed by atoms with van der Waals surface area (Å²) >= 11 is 3.43. The zero-order chi connectivity index (χ0) is 18.8. The Morgan fingerprint density at radius 3 is 2.35 bits per heavy atom. The number of halogens is 1. The molecule has 0 fully saturated rings. The van der Waals surface area contributed by atoms with E-state index in [9.17, 15) is 14.9 Å². The Morgan fingerprint density at radius 1 is 1.15 bits per heavy atom. The molecule has 0 unspecified atom stereocenters. The van der Waals surface area contributed by atoms with Crippen LogP contribution >= 0.6 is 15.9 Å². The molecular weight excluding hydrogens is 396 g/mol. The van der Waals surface area contributed by atoms with E-state index in [-0.39, 0.29) is 23.7 Å². The zero-order valence-electron chi connectivity index (χ0n) is 14.6. The van der Waals surface area contributed by atoms with Crippen molar-refractivity contribution in [3.05, 3.63) is 85.9 Å². The number of nitro benzene ring substituents is 1. The predicted molar refractivity (Wildman–Crippen MR) is 104 cm³/mol. The summed E-state index contributed by atoms with van der Waals surface area (Å²) < 4.78 is 0.596. The molecule has 0 radical (unpaired) electrons. The number of carbonyl (C=O) groups excluding carboxylic acids is 1. The minimum atomic E-state index is -0.421. The van der Waals surface area contributed by atoms with Gasteiger partial charge in [0.2, 0.25) is 0 Å². The number of benzene rings is 2. The molecule has 0 aromatic heterocycles. The molecule has 1 aliphatic heterocycles. The first kappa shape index (κ1) is 18.3. The summed E-state index contributed by atoms with van der Waals surface area (Å²) in [5, 5.41) is 10.9. The molecule has 0 N–H and O–H groups in total. The van der Waals surface area contributed by atoms with E-state index in [1.54, 1.807) is 12.1 Å². The minimum Gasteiger partial charge on any atom is -0.324 e. The number of nitro groups is 1. The Balaban J connectivity index is 2.00. The molecule has 2 aromatic carbocycles. The summed E-state index contributed by atoms with van der Waals surface area (Å²) in [5.41, 5.74) is 3.01. The molecule has 1 aliphatic rings. The van der Waals surface area contributed by atoms with Crippen LogP contribution in [0.15, 0.2) is 64.7 Å². The predicted octanol–water partition coefficient (Wildman–Crippen LogP) is 5.30. The number of carbonyl (C=O) groups is 1. The fraction of sp³-hybridized carbons (Fsp3) is 0.250. The van der Waals surface area contributed by atoms with Crippen LogP contribution in [-0.2, 0) is 4.79 Å². The van der Waals surface area contributed by atoms with Crippen molar-refractivity contribution >= 4 is 27.5 Å². The van der Waals surface area contributed by atoms with Gasteiger partial charge in [-0.1, -0.05) is 48.0 Å². The van der Waals surface area contributed by atoms with Crippen molar-refractivity contribution in [1.82, 2.24) is 4.90 Å². The fourth-order valence-corrected chi connectivity index (χ4v) is 3.72. The van der Waals surface area contributed by atoms with Crippen LogP contribution in [0.25, 0.3) is 0 Å². The maximum Gasteiger partial charge on any atom is 0.269 e. The largest absolute Gasteiger partial charge is 0.324 e. The van der Waals surface area contributed by atoms with E-state index < -0.39 is 4.92 Å². The molecule has 2 atom stereocenters. The van der Waals surface area contributed by atoms with E-state index in [0.717, 1.165) is 23.1 Å². The summed E-state index contributed by atoms with van der Waals surface area (Å²) in [5.74, 6) is -0.0616. The van der Waals surface area contributed by atoms with Crippen LogP contribution in [0.4, 0.5) is 5.69 Å². The van der Waals surface area contributed by atoms with Crippen molar-refractivity contribution in [2.45, 2.75) is 32.4 Å². The molecule has 1 heterocycles. The summed E-state index contributed by atoms with van der Waals surface area (Å²) in [7, 11) is 0. The first-order valence-electron chi connectivity index (χ1n) is 8.37. The Bertz CT molecular complexity index is 862. The molecular formula is C20H19BrN2O3. The number of hydrogen-bond donors (Lipinski definition) is 0. The first-order valence-corrected chi connectivity index (χ1v) is 9.16. The zero-order valence-corrected chi connectivity index (χ0v) is 16.1. The summed E-state index contributed by atoms with van der Waals surface area (Å²) in [6.45, 7) is 3.92. The molecule has 6 heteroatoms. The molecule has 0 aliphatic carbocycles. The highest BCUT2D eigenvalue weighted by atomic mass is 79.9. The Kier molecular flexibility index (Phi) is 5.23. The fourth-order valence-electron chi connectivity index (χ4n) is 3.35. The van der Waals surface area contributed by atoms with E-state index in [0.29, 0.717) is 4.48 Å². The molecule has 0 saturated heterocycles. The quantitative estimate of drug-likeness (QED) is 0.503. The monoisotopic (exact) mass is 414 g/mol. The number of nitrogens with zero attached hydrogens (tertiary/aromatic N) is 2. The third-order valence-corrected chi connectivity index (χ3v) is 5.84. The van der Waals surface area contributed by atoms with Gasteiger partial charge in [0.15, 0.2) is 0 Å². The molecule has 1 amide bonds. The lowest BCUT2D eigenvalue weighted by Gasteiger charge is -2.40. The van der Waals surface area contributed by atoms with Crippen LogP contribution in [0.3, 0.4) is 0 Å². The smallest absolute Gasteiger partial charge is 0.269 e. The third kappa shape index (κ3) is 3.42. The van der Waals surface area contributed by atoms with Gasteiger partial charge in [0, 0.05) is 12.1 Å². The average molecular weight is 415 g/mol. The standard InChI is InChI=1S/C20H19BrN2O3/c1-13-12-18(16-6-4-3-5-7-16)22(20(24)19(13)21)14(2)15-8-10-17(11-9-15)23(25)26/h3-11,14,18H,12H2,1-2H3/t14-,18+/m0/s1. The molecule has 26 heavy (non-hydrogen) atoms. The second-order valence-electron chi connectivity index (χ2n) is 6.46. The van der Waals surface area contributed by atoms with Crippen molar-refractivity contribution in [2.24, 2.45) is 0 Å². The lowest BCUT2D eigenvalue weighted by atomic mass is 9.91. The van der Waals surface area contributed by atoms with Gasteiger partial charge in [-0.2, -0.15) is 0 Å². The van der Waals surface area contributed by atoms with Gasteiger partial charge in [-0.05, 0) is 47.3 Å². The highest BCUT2D eigenvalue weighted by Gasteiger charge is 2.36. The van der Waals surface area contributed by atoms with Crippen LogP contribution in [0.1, 0.15) is 43.5 Å².